The number of nitrogens with zero attached hydrogens (tertiary/aromatic N) is 5. The standard InChI is InChI=1S/C17H16F3N5O2/c1-26-13-10-11(17(18,19)20)2-3-12(13)14-22-23-16(15-21-4-5-25(14)15)24-6-8-27-9-7-24/h2-5,10H,6-9H2,1H3. The van der Waals surface area contributed by atoms with Gasteiger partial charge in [-0.1, -0.05) is 0 Å². The molecule has 3 heterocycles. The van der Waals surface area contributed by atoms with E-state index in [1.165, 1.54) is 13.2 Å². The third kappa shape index (κ3) is 3.16. The lowest BCUT2D eigenvalue weighted by Gasteiger charge is -2.27. The van der Waals surface area contributed by atoms with Gasteiger partial charge in [0.25, 0.3) is 0 Å². The van der Waals surface area contributed by atoms with Gasteiger partial charge in [-0.3, -0.25) is 4.40 Å². The second kappa shape index (κ2) is 6.69. The zero-order valence-electron chi connectivity index (χ0n) is 14.4. The number of hydrogen-bond acceptors (Lipinski definition) is 6. The number of ether oxygens (including phenoxy) is 2. The summed E-state index contributed by atoms with van der Waals surface area (Å²) in [6, 6.07) is 3.29. The van der Waals surface area contributed by atoms with Crippen molar-refractivity contribution in [2.45, 2.75) is 6.18 Å². The van der Waals surface area contributed by atoms with Crippen molar-refractivity contribution in [1.82, 2.24) is 19.6 Å². The molecule has 0 atom stereocenters. The Balaban J connectivity index is 1.82. The van der Waals surface area contributed by atoms with Crippen LogP contribution in [0.3, 0.4) is 0 Å². The lowest BCUT2D eigenvalue weighted by molar-refractivity contribution is -0.137. The predicted molar refractivity (Wildman–Crippen MR) is 90.8 cm³/mol. The number of alkyl halides is 3. The van der Waals surface area contributed by atoms with Crippen LogP contribution in [0.4, 0.5) is 19.0 Å². The Morgan fingerprint density at radius 2 is 1.93 bits per heavy atom. The van der Waals surface area contributed by atoms with Gasteiger partial charge in [-0.25, -0.2) is 4.98 Å². The van der Waals surface area contributed by atoms with Gasteiger partial charge in [0.05, 0.1) is 31.5 Å². The molecule has 10 heteroatoms. The normalized spacial score (nSPS) is 15.3. The van der Waals surface area contributed by atoms with E-state index in [9.17, 15) is 13.2 Å². The van der Waals surface area contributed by atoms with E-state index in [1.807, 2.05) is 4.90 Å². The summed E-state index contributed by atoms with van der Waals surface area (Å²) < 4.78 is 51.2. The van der Waals surface area contributed by atoms with Crippen LogP contribution in [0.25, 0.3) is 17.0 Å². The molecule has 0 spiro atoms. The molecule has 4 rings (SSSR count). The van der Waals surface area contributed by atoms with Gasteiger partial charge in [0, 0.05) is 25.5 Å². The van der Waals surface area contributed by atoms with Crippen molar-refractivity contribution >= 4 is 11.5 Å². The molecule has 2 aromatic heterocycles. The lowest BCUT2D eigenvalue weighted by Crippen LogP contribution is -2.37. The molecule has 0 radical (unpaired) electrons. The molecule has 0 amide bonds. The molecule has 1 fully saturated rings. The lowest BCUT2D eigenvalue weighted by atomic mass is 10.1. The second-order valence-electron chi connectivity index (χ2n) is 5.98. The van der Waals surface area contributed by atoms with Crippen molar-refractivity contribution in [3.63, 3.8) is 0 Å². The largest absolute Gasteiger partial charge is 0.496 e. The van der Waals surface area contributed by atoms with E-state index in [0.29, 0.717) is 49.2 Å². The van der Waals surface area contributed by atoms with Crippen LogP contribution in [0.2, 0.25) is 0 Å². The highest BCUT2D eigenvalue weighted by molar-refractivity contribution is 5.72. The fourth-order valence-corrected chi connectivity index (χ4v) is 3.04. The van der Waals surface area contributed by atoms with Crippen molar-refractivity contribution < 1.29 is 22.6 Å². The molecule has 0 bridgehead atoms. The van der Waals surface area contributed by atoms with E-state index < -0.39 is 11.7 Å². The summed E-state index contributed by atoms with van der Waals surface area (Å²) in [5.74, 6) is 1.02. The van der Waals surface area contributed by atoms with Gasteiger partial charge >= 0.3 is 6.18 Å². The number of imidazole rings is 1. The summed E-state index contributed by atoms with van der Waals surface area (Å²) in [7, 11) is 1.32. The maximum atomic E-state index is 13.0. The molecule has 0 unspecified atom stereocenters. The van der Waals surface area contributed by atoms with Gasteiger partial charge in [-0.05, 0) is 18.2 Å². The summed E-state index contributed by atoms with van der Waals surface area (Å²) in [6.45, 7) is 2.51. The van der Waals surface area contributed by atoms with Crippen LogP contribution in [-0.2, 0) is 10.9 Å². The molecule has 7 nitrogen and oxygen atoms in total. The Morgan fingerprint density at radius 1 is 1.15 bits per heavy atom. The quantitative estimate of drug-likeness (QED) is 0.697. The summed E-state index contributed by atoms with van der Waals surface area (Å²) >= 11 is 0. The number of fused-ring (bicyclic) bond motifs is 1. The van der Waals surface area contributed by atoms with Crippen LogP contribution >= 0.6 is 0 Å². The van der Waals surface area contributed by atoms with E-state index in [0.717, 1.165) is 12.1 Å². The Hall–Kier alpha value is -2.88. The molecule has 0 saturated carbocycles. The summed E-state index contributed by atoms with van der Waals surface area (Å²) in [6.07, 6.45) is -1.16. The van der Waals surface area contributed by atoms with E-state index in [1.54, 1.807) is 16.8 Å². The van der Waals surface area contributed by atoms with E-state index >= 15 is 0 Å². The van der Waals surface area contributed by atoms with Crippen molar-refractivity contribution in [2.24, 2.45) is 0 Å². The van der Waals surface area contributed by atoms with Crippen LogP contribution in [0.15, 0.2) is 30.6 Å². The maximum absolute atomic E-state index is 13.0. The van der Waals surface area contributed by atoms with E-state index in [-0.39, 0.29) is 5.75 Å². The molecule has 0 aliphatic carbocycles. The molecule has 1 saturated heterocycles. The van der Waals surface area contributed by atoms with Gasteiger partial charge in [-0.2, -0.15) is 13.2 Å². The summed E-state index contributed by atoms with van der Waals surface area (Å²) in [5.41, 5.74) is 0.182. The van der Waals surface area contributed by atoms with Crippen LogP contribution in [-0.4, -0.2) is 53.0 Å². The number of benzene rings is 1. The fraction of sp³-hybridized carbons (Fsp3) is 0.353. The Kier molecular flexibility index (Phi) is 4.34. The Bertz CT molecular complexity index is 967. The Labute approximate surface area is 152 Å². The van der Waals surface area contributed by atoms with Crippen LogP contribution < -0.4 is 9.64 Å². The molecule has 3 aromatic rings. The highest BCUT2D eigenvalue weighted by Gasteiger charge is 2.32. The van der Waals surface area contributed by atoms with Crippen molar-refractivity contribution in [3.8, 4) is 17.1 Å². The van der Waals surface area contributed by atoms with Crippen molar-refractivity contribution in [2.75, 3.05) is 38.3 Å². The molecular formula is C17H16F3N5O2. The highest BCUT2D eigenvalue weighted by Crippen LogP contribution is 2.37. The minimum Gasteiger partial charge on any atom is -0.496 e. The van der Waals surface area contributed by atoms with E-state index in [2.05, 4.69) is 15.2 Å². The fourth-order valence-electron chi connectivity index (χ4n) is 3.04. The number of rotatable bonds is 3. The smallest absolute Gasteiger partial charge is 0.416 e. The third-order valence-corrected chi connectivity index (χ3v) is 4.39. The van der Waals surface area contributed by atoms with Gasteiger partial charge in [-0.15, -0.1) is 10.2 Å². The third-order valence-electron chi connectivity index (χ3n) is 4.39. The van der Waals surface area contributed by atoms with Gasteiger partial charge in [0.15, 0.2) is 17.3 Å². The minimum absolute atomic E-state index is 0.0632. The maximum Gasteiger partial charge on any atom is 0.416 e. The molecule has 142 valence electrons. The summed E-state index contributed by atoms with van der Waals surface area (Å²) in [4.78, 5) is 6.37. The van der Waals surface area contributed by atoms with Crippen LogP contribution in [0.5, 0.6) is 5.75 Å². The number of morpholine rings is 1. The number of methoxy groups -OCH3 is 1. The first-order chi connectivity index (χ1) is 13.0. The number of halogens is 3. The number of aromatic nitrogens is 4. The first kappa shape index (κ1) is 17.5. The minimum atomic E-state index is -4.46. The van der Waals surface area contributed by atoms with E-state index in [4.69, 9.17) is 9.47 Å². The molecule has 1 aromatic carbocycles. The molecule has 27 heavy (non-hydrogen) atoms. The van der Waals surface area contributed by atoms with Crippen molar-refractivity contribution in [3.05, 3.63) is 36.2 Å². The first-order valence-electron chi connectivity index (χ1n) is 8.27. The topological polar surface area (TPSA) is 64.8 Å². The van der Waals surface area contributed by atoms with Crippen LogP contribution in [0.1, 0.15) is 5.56 Å². The Morgan fingerprint density at radius 3 is 2.63 bits per heavy atom. The average Bonchev–Trinajstić information content (AvgIpc) is 3.16. The first-order valence-corrected chi connectivity index (χ1v) is 8.27. The zero-order chi connectivity index (χ0) is 19.0. The van der Waals surface area contributed by atoms with Crippen LogP contribution in [0, 0.1) is 0 Å². The SMILES string of the molecule is COc1cc(C(F)(F)F)ccc1-c1nnc(N2CCOCC2)c2nccn12. The predicted octanol–water partition coefficient (Wildman–Crippen LogP) is 2.66. The van der Waals surface area contributed by atoms with Crippen molar-refractivity contribution in [1.29, 1.82) is 0 Å². The molecular weight excluding hydrogens is 363 g/mol. The zero-order valence-corrected chi connectivity index (χ0v) is 14.4. The van der Waals surface area contributed by atoms with Gasteiger partial charge in [0.2, 0.25) is 0 Å². The highest BCUT2D eigenvalue weighted by atomic mass is 19.4. The monoisotopic (exact) mass is 379 g/mol. The molecule has 0 N–H and O–H groups in total. The van der Waals surface area contributed by atoms with Gasteiger partial charge in [0.1, 0.15) is 5.75 Å². The summed E-state index contributed by atoms with van der Waals surface area (Å²) in [5, 5.41) is 8.54. The number of hydrogen-bond donors (Lipinski definition) is 0. The molecule has 1 aliphatic rings. The number of anilines is 1. The molecule has 1 aliphatic heterocycles. The average molecular weight is 379 g/mol. The van der Waals surface area contributed by atoms with Gasteiger partial charge < -0.3 is 14.4 Å². The second-order valence-corrected chi connectivity index (χ2v) is 5.98.